The fourth-order valence-electron chi connectivity index (χ4n) is 2.88. The molecule has 4 heteroatoms. The van der Waals surface area contributed by atoms with Crippen LogP contribution in [0.25, 0.3) is 0 Å². The topological polar surface area (TPSA) is 62.5 Å². The molecular formula is C15H17NO3. The van der Waals surface area contributed by atoms with E-state index in [1.807, 2.05) is 18.2 Å². The van der Waals surface area contributed by atoms with Gasteiger partial charge in [0.25, 0.3) is 0 Å². The average molecular weight is 259 g/mol. The molecule has 1 atom stereocenters. The SMILES string of the molecule is N#CC1(C(O)c2ccc3c(c2)CCO3)CCOCC1. The molecule has 2 aliphatic heterocycles. The van der Waals surface area contributed by atoms with Crippen LogP contribution in [0.5, 0.6) is 5.75 Å². The molecule has 2 heterocycles. The first kappa shape index (κ1) is 12.5. The Hall–Kier alpha value is -1.57. The van der Waals surface area contributed by atoms with Crippen LogP contribution >= 0.6 is 0 Å². The van der Waals surface area contributed by atoms with Crippen LogP contribution in [0.15, 0.2) is 18.2 Å². The first-order valence-corrected chi connectivity index (χ1v) is 6.68. The number of nitriles is 1. The molecule has 3 rings (SSSR count). The Morgan fingerprint density at radius 3 is 2.79 bits per heavy atom. The molecule has 2 aliphatic rings. The van der Waals surface area contributed by atoms with E-state index in [0.717, 1.165) is 23.3 Å². The standard InChI is InChI=1S/C15H17NO3/c16-10-15(4-7-18-8-5-15)14(17)12-1-2-13-11(9-12)3-6-19-13/h1-2,9,14,17H,3-8H2. The highest BCUT2D eigenvalue weighted by Crippen LogP contribution is 2.43. The van der Waals surface area contributed by atoms with Crippen LogP contribution in [-0.2, 0) is 11.2 Å². The molecule has 1 fully saturated rings. The van der Waals surface area contributed by atoms with Crippen LogP contribution in [0.3, 0.4) is 0 Å². The maximum Gasteiger partial charge on any atom is 0.122 e. The number of fused-ring (bicyclic) bond motifs is 1. The highest BCUT2D eigenvalue weighted by atomic mass is 16.5. The molecule has 0 radical (unpaired) electrons. The van der Waals surface area contributed by atoms with Crippen LogP contribution < -0.4 is 4.74 Å². The lowest BCUT2D eigenvalue weighted by molar-refractivity contribution is -0.0310. The van der Waals surface area contributed by atoms with Gasteiger partial charge in [0.15, 0.2) is 0 Å². The zero-order valence-corrected chi connectivity index (χ0v) is 10.8. The van der Waals surface area contributed by atoms with Crippen molar-refractivity contribution in [3.8, 4) is 11.8 Å². The monoisotopic (exact) mass is 259 g/mol. The van der Waals surface area contributed by atoms with Crippen molar-refractivity contribution in [3.05, 3.63) is 29.3 Å². The number of aliphatic hydroxyl groups is 1. The van der Waals surface area contributed by atoms with E-state index in [2.05, 4.69) is 6.07 Å². The minimum absolute atomic E-state index is 0.540. The molecule has 100 valence electrons. The number of ether oxygens (including phenoxy) is 2. The van der Waals surface area contributed by atoms with E-state index >= 15 is 0 Å². The lowest BCUT2D eigenvalue weighted by Gasteiger charge is -2.35. The van der Waals surface area contributed by atoms with Gasteiger partial charge in [-0.05, 0) is 36.1 Å². The smallest absolute Gasteiger partial charge is 0.122 e. The molecule has 0 saturated carbocycles. The van der Waals surface area contributed by atoms with Gasteiger partial charge in [0.2, 0.25) is 0 Å². The largest absolute Gasteiger partial charge is 0.493 e. The molecule has 1 saturated heterocycles. The molecular weight excluding hydrogens is 242 g/mol. The number of benzene rings is 1. The van der Waals surface area contributed by atoms with E-state index in [-0.39, 0.29) is 0 Å². The summed E-state index contributed by atoms with van der Waals surface area (Å²) in [6, 6.07) is 8.05. The normalized spacial score (nSPS) is 22.1. The maximum atomic E-state index is 10.6. The van der Waals surface area contributed by atoms with Gasteiger partial charge < -0.3 is 14.6 Å². The zero-order valence-electron chi connectivity index (χ0n) is 10.8. The first-order valence-electron chi connectivity index (χ1n) is 6.68. The van der Waals surface area contributed by atoms with E-state index in [0.29, 0.717) is 32.7 Å². The Labute approximate surface area is 112 Å². The van der Waals surface area contributed by atoms with Gasteiger partial charge in [-0.15, -0.1) is 0 Å². The second-order valence-corrected chi connectivity index (χ2v) is 5.25. The molecule has 0 bridgehead atoms. The summed E-state index contributed by atoms with van der Waals surface area (Å²) in [5, 5.41) is 20.1. The molecule has 0 aliphatic carbocycles. The highest BCUT2D eigenvalue weighted by Gasteiger charge is 2.41. The Morgan fingerprint density at radius 2 is 2.05 bits per heavy atom. The van der Waals surface area contributed by atoms with Crippen LogP contribution in [0, 0.1) is 16.7 Å². The van der Waals surface area contributed by atoms with Gasteiger partial charge in [-0.2, -0.15) is 5.26 Å². The van der Waals surface area contributed by atoms with Crippen molar-refractivity contribution in [3.63, 3.8) is 0 Å². The first-order chi connectivity index (χ1) is 9.25. The summed E-state index contributed by atoms with van der Waals surface area (Å²) < 4.78 is 10.8. The Morgan fingerprint density at radius 1 is 1.26 bits per heavy atom. The van der Waals surface area contributed by atoms with E-state index in [1.54, 1.807) is 0 Å². The Kier molecular flexibility index (Phi) is 3.17. The quantitative estimate of drug-likeness (QED) is 0.882. The van der Waals surface area contributed by atoms with E-state index in [4.69, 9.17) is 9.47 Å². The molecule has 1 N–H and O–H groups in total. The van der Waals surface area contributed by atoms with Gasteiger partial charge in [0.05, 0.1) is 24.2 Å². The third kappa shape index (κ3) is 2.09. The molecule has 0 spiro atoms. The average Bonchev–Trinajstić information content (AvgIpc) is 2.94. The summed E-state index contributed by atoms with van der Waals surface area (Å²) in [5.41, 5.74) is 1.22. The van der Waals surface area contributed by atoms with Crippen molar-refractivity contribution < 1.29 is 14.6 Å². The molecule has 19 heavy (non-hydrogen) atoms. The van der Waals surface area contributed by atoms with Gasteiger partial charge in [-0.1, -0.05) is 6.07 Å². The van der Waals surface area contributed by atoms with Crippen LogP contribution in [-0.4, -0.2) is 24.9 Å². The van der Waals surface area contributed by atoms with Crippen LogP contribution in [0.2, 0.25) is 0 Å². The van der Waals surface area contributed by atoms with Crippen LogP contribution in [0.1, 0.15) is 30.1 Å². The summed E-state index contributed by atoms with van der Waals surface area (Å²) >= 11 is 0. The molecule has 1 aromatic carbocycles. The number of aliphatic hydroxyl groups excluding tert-OH is 1. The minimum Gasteiger partial charge on any atom is -0.493 e. The van der Waals surface area contributed by atoms with Gasteiger partial charge in [0.1, 0.15) is 5.75 Å². The molecule has 1 aromatic rings. The number of nitrogens with zero attached hydrogens (tertiary/aromatic N) is 1. The molecule has 1 unspecified atom stereocenters. The highest BCUT2D eigenvalue weighted by molar-refractivity contribution is 5.41. The summed E-state index contributed by atoms with van der Waals surface area (Å²) in [5.74, 6) is 0.897. The van der Waals surface area contributed by atoms with E-state index in [1.165, 1.54) is 0 Å². The summed E-state index contributed by atoms with van der Waals surface area (Å²) in [6.45, 7) is 1.78. The van der Waals surface area contributed by atoms with Crippen molar-refractivity contribution in [2.24, 2.45) is 5.41 Å². The Bertz CT molecular complexity index is 515. The molecule has 4 nitrogen and oxygen atoms in total. The van der Waals surface area contributed by atoms with Crippen molar-refractivity contribution >= 4 is 0 Å². The lowest BCUT2D eigenvalue weighted by atomic mass is 9.74. The van der Waals surface area contributed by atoms with Gasteiger partial charge in [-0.25, -0.2) is 0 Å². The third-order valence-electron chi connectivity index (χ3n) is 4.16. The lowest BCUT2D eigenvalue weighted by Crippen LogP contribution is -2.34. The van der Waals surface area contributed by atoms with E-state index in [9.17, 15) is 10.4 Å². The molecule has 0 amide bonds. The summed E-state index contributed by atoms with van der Waals surface area (Å²) in [6.07, 6.45) is 1.28. The molecule has 0 aromatic heterocycles. The van der Waals surface area contributed by atoms with Gasteiger partial charge in [0, 0.05) is 19.6 Å². The van der Waals surface area contributed by atoms with Gasteiger partial charge >= 0.3 is 0 Å². The fraction of sp³-hybridized carbons (Fsp3) is 0.533. The summed E-state index contributed by atoms with van der Waals surface area (Å²) in [4.78, 5) is 0. The van der Waals surface area contributed by atoms with Crippen molar-refractivity contribution in [1.82, 2.24) is 0 Å². The van der Waals surface area contributed by atoms with Gasteiger partial charge in [-0.3, -0.25) is 0 Å². The predicted molar refractivity (Wildman–Crippen MR) is 68.7 cm³/mol. The third-order valence-corrected chi connectivity index (χ3v) is 4.16. The zero-order chi connectivity index (χ0) is 13.3. The minimum atomic E-state index is -0.757. The van der Waals surface area contributed by atoms with Crippen molar-refractivity contribution in [2.75, 3.05) is 19.8 Å². The fourth-order valence-corrected chi connectivity index (χ4v) is 2.88. The predicted octanol–water partition coefficient (Wildman–Crippen LogP) is 1.98. The number of hydrogen-bond donors (Lipinski definition) is 1. The van der Waals surface area contributed by atoms with Crippen molar-refractivity contribution in [1.29, 1.82) is 5.26 Å². The number of hydrogen-bond acceptors (Lipinski definition) is 4. The number of rotatable bonds is 2. The second-order valence-electron chi connectivity index (χ2n) is 5.25. The van der Waals surface area contributed by atoms with E-state index < -0.39 is 11.5 Å². The second kappa shape index (κ2) is 4.84. The maximum absolute atomic E-state index is 10.6. The van der Waals surface area contributed by atoms with Crippen molar-refractivity contribution in [2.45, 2.75) is 25.4 Å². The summed E-state index contributed by atoms with van der Waals surface area (Å²) in [7, 11) is 0. The van der Waals surface area contributed by atoms with Crippen LogP contribution in [0.4, 0.5) is 0 Å². The Balaban J connectivity index is 1.90.